The summed E-state index contributed by atoms with van der Waals surface area (Å²) in [5.74, 6) is -2.21. The summed E-state index contributed by atoms with van der Waals surface area (Å²) in [6.45, 7) is 1.42. The molecule has 0 spiro atoms. The third-order valence-electron chi connectivity index (χ3n) is 2.07. The normalized spacial score (nSPS) is 9.73. The van der Waals surface area contributed by atoms with Gasteiger partial charge in [-0.1, -0.05) is 0 Å². The fourth-order valence-electron chi connectivity index (χ4n) is 1.21. The third-order valence-corrected chi connectivity index (χ3v) is 2.07. The van der Waals surface area contributed by atoms with Gasteiger partial charge in [0.15, 0.2) is 0 Å². The van der Waals surface area contributed by atoms with Gasteiger partial charge in [0.1, 0.15) is 11.3 Å². The van der Waals surface area contributed by atoms with Gasteiger partial charge in [-0.05, 0) is 19.1 Å². The van der Waals surface area contributed by atoms with E-state index in [2.05, 4.69) is 4.74 Å². The van der Waals surface area contributed by atoms with Crippen LogP contribution in [0.1, 0.15) is 26.3 Å². The number of phenolic OH excluding ortho intramolecular Hbond substituents is 1. The Morgan fingerprint density at radius 3 is 2.27 bits per heavy atom. The smallest absolute Gasteiger partial charge is 0.341 e. The molecule has 0 aromatic heterocycles. The van der Waals surface area contributed by atoms with Crippen LogP contribution in [-0.2, 0) is 4.74 Å². The molecule has 0 heterocycles. The maximum atomic E-state index is 11.1. The molecule has 0 fully saturated rings. The van der Waals surface area contributed by atoms with Crippen molar-refractivity contribution in [2.75, 3.05) is 7.11 Å². The minimum absolute atomic E-state index is 0.0415. The molecule has 0 saturated heterocycles. The molecule has 0 amide bonds. The Bertz CT molecular complexity index is 422. The second kappa shape index (κ2) is 4.00. The van der Waals surface area contributed by atoms with Crippen LogP contribution in [-0.4, -0.2) is 29.3 Å². The molecule has 80 valence electrons. The summed E-state index contributed by atoms with van der Waals surface area (Å²) in [6.07, 6.45) is 0. The molecule has 1 aromatic rings. The number of carboxylic acid groups (broad SMARTS) is 1. The molecular weight excluding hydrogens is 200 g/mol. The first kappa shape index (κ1) is 11.0. The lowest BCUT2D eigenvalue weighted by molar-refractivity contribution is 0.0594. The lowest BCUT2D eigenvalue weighted by Crippen LogP contribution is -2.06. The van der Waals surface area contributed by atoms with Gasteiger partial charge < -0.3 is 14.9 Å². The number of carbonyl (C=O) groups excluding carboxylic acids is 1. The highest BCUT2D eigenvalue weighted by Crippen LogP contribution is 2.25. The molecule has 0 aliphatic heterocycles. The summed E-state index contributed by atoms with van der Waals surface area (Å²) in [7, 11) is 1.18. The lowest BCUT2D eigenvalue weighted by atomic mass is 10.0. The van der Waals surface area contributed by atoms with E-state index in [0.717, 1.165) is 0 Å². The maximum Gasteiger partial charge on any atom is 0.341 e. The van der Waals surface area contributed by atoms with Crippen molar-refractivity contribution in [3.05, 3.63) is 28.8 Å². The molecule has 0 aliphatic rings. The molecule has 1 rings (SSSR count). The topological polar surface area (TPSA) is 83.8 Å². The second-order valence-electron chi connectivity index (χ2n) is 2.93. The van der Waals surface area contributed by atoms with Gasteiger partial charge in [0.2, 0.25) is 0 Å². The van der Waals surface area contributed by atoms with Gasteiger partial charge in [0.25, 0.3) is 0 Å². The lowest BCUT2D eigenvalue weighted by Gasteiger charge is -2.07. The zero-order chi connectivity index (χ0) is 11.6. The minimum Gasteiger partial charge on any atom is -0.507 e. The van der Waals surface area contributed by atoms with Gasteiger partial charge in [0, 0.05) is 5.56 Å². The van der Waals surface area contributed by atoms with Gasteiger partial charge in [0.05, 0.1) is 12.7 Å². The maximum absolute atomic E-state index is 11.1. The number of ether oxygens (including phenoxy) is 1. The van der Waals surface area contributed by atoms with Gasteiger partial charge >= 0.3 is 11.9 Å². The Labute approximate surface area is 85.9 Å². The second-order valence-corrected chi connectivity index (χ2v) is 2.93. The Morgan fingerprint density at radius 2 is 1.80 bits per heavy atom. The molecule has 1 aromatic carbocycles. The minimum atomic E-state index is -1.15. The van der Waals surface area contributed by atoms with Crippen LogP contribution in [0.2, 0.25) is 0 Å². The van der Waals surface area contributed by atoms with Crippen LogP contribution in [0.3, 0.4) is 0 Å². The van der Waals surface area contributed by atoms with Gasteiger partial charge in [-0.2, -0.15) is 0 Å². The van der Waals surface area contributed by atoms with Crippen molar-refractivity contribution in [3.63, 3.8) is 0 Å². The van der Waals surface area contributed by atoms with E-state index in [1.165, 1.54) is 26.2 Å². The molecule has 0 saturated carbocycles. The quantitative estimate of drug-likeness (QED) is 0.716. The summed E-state index contributed by atoms with van der Waals surface area (Å²) in [5, 5.41) is 18.3. The van der Waals surface area contributed by atoms with Gasteiger partial charge in [-0.15, -0.1) is 0 Å². The number of methoxy groups -OCH3 is 1. The number of hydrogen-bond acceptors (Lipinski definition) is 4. The number of aromatic carboxylic acids is 1. The average Bonchev–Trinajstić information content (AvgIpc) is 2.20. The highest BCUT2D eigenvalue weighted by molar-refractivity contribution is 5.96. The number of esters is 1. The van der Waals surface area contributed by atoms with Crippen LogP contribution in [0.25, 0.3) is 0 Å². The SMILES string of the molecule is COC(=O)c1ccc(C(=O)O)c(C)c1O. The summed E-state index contributed by atoms with van der Waals surface area (Å²) in [6, 6.07) is 2.47. The van der Waals surface area contributed by atoms with Crippen molar-refractivity contribution < 1.29 is 24.5 Å². The van der Waals surface area contributed by atoms with Crippen molar-refractivity contribution in [1.29, 1.82) is 0 Å². The van der Waals surface area contributed by atoms with Crippen LogP contribution < -0.4 is 0 Å². The van der Waals surface area contributed by atoms with Crippen molar-refractivity contribution in [1.82, 2.24) is 0 Å². The van der Waals surface area contributed by atoms with Crippen molar-refractivity contribution in [2.24, 2.45) is 0 Å². The van der Waals surface area contributed by atoms with Crippen molar-refractivity contribution >= 4 is 11.9 Å². The predicted molar refractivity (Wildman–Crippen MR) is 51.1 cm³/mol. The zero-order valence-electron chi connectivity index (χ0n) is 8.27. The van der Waals surface area contributed by atoms with E-state index in [0.29, 0.717) is 0 Å². The van der Waals surface area contributed by atoms with E-state index in [1.807, 2.05) is 0 Å². The molecule has 5 heteroatoms. The van der Waals surface area contributed by atoms with Crippen LogP contribution in [0.15, 0.2) is 12.1 Å². The summed E-state index contributed by atoms with van der Waals surface area (Å²) in [4.78, 5) is 21.8. The number of hydrogen-bond donors (Lipinski definition) is 2. The molecule has 0 bridgehead atoms. The van der Waals surface area contributed by atoms with E-state index in [1.54, 1.807) is 0 Å². The van der Waals surface area contributed by atoms with Crippen molar-refractivity contribution in [3.8, 4) is 5.75 Å². The Kier molecular flexibility index (Phi) is 2.94. The summed E-state index contributed by atoms with van der Waals surface area (Å²) >= 11 is 0. The van der Waals surface area contributed by atoms with Gasteiger partial charge in [-0.3, -0.25) is 0 Å². The first-order valence-corrected chi connectivity index (χ1v) is 4.13. The monoisotopic (exact) mass is 210 g/mol. The third kappa shape index (κ3) is 1.90. The number of aromatic hydroxyl groups is 1. The molecule has 0 unspecified atom stereocenters. The number of carboxylic acids is 1. The predicted octanol–water partition coefficient (Wildman–Crippen LogP) is 1.19. The molecule has 2 N–H and O–H groups in total. The van der Waals surface area contributed by atoms with Crippen LogP contribution >= 0.6 is 0 Å². The summed E-state index contributed by atoms with van der Waals surface area (Å²) < 4.78 is 4.43. The number of phenols is 1. The molecular formula is C10H10O5. The fraction of sp³-hybridized carbons (Fsp3) is 0.200. The zero-order valence-corrected chi connectivity index (χ0v) is 8.27. The molecule has 0 radical (unpaired) electrons. The van der Waals surface area contributed by atoms with E-state index in [9.17, 15) is 14.7 Å². The van der Waals surface area contributed by atoms with E-state index < -0.39 is 11.9 Å². The van der Waals surface area contributed by atoms with Crippen molar-refractivity contribution in [2.45, 2.75) is 6.92 Å². The number of benzene rings is 1. The van der Waals surface area contributed by atoms with Crippen LogP contribution in [0.4, 0.5) is 0 Å². The van der Waals surface area contributed by atoms with Crippen LogP contribution in [0.5, 0.6) is 5.75 Å². The largest absolute Gasteiger partial charge is 0.507 e. The highest BCUT2D eigenvalue weighted by Gasteiger charge is 2.18. The summed E-state index contributed by atoms with van der Waals surface area (Å²) in [5.41, 5.74) is 0.0607. The van der Waals surface area contributed by atoms with E-state index in [-0.39, 0.29) is 22.4 Å². The fourth-order valence-corrected chi connectivity index (χ4v) is 1.21. The Morgan fingerprint density at radius 1 is 1.27 bits per heavy atom. The molecule has 5 nitrogen and oxygen atoms in total. The molecule has 0 atom stereocenters. The van der Waals surface area contributed by atoms with Gasteiger partial charge in [-0.25, -0.2) is 9.59 Å². The molecule has 0 aliphatic carbocycles. The van der Waals surface area contributed by atoms with E-state index >= 15 is 0 Å². The molecule has 15 heavy (non-hydrogen) atoms. The Hall–Kier alpha value is -2.04. The average molecular weight is 210 g/mol. The highest BCUT2D eigenvalue weighted by atomic mass is 16.5. The number of rotatable bonds is 2. The standard InChI is InChI=1S/C10H10O5/c1-5-6(9(12)13)3-4-7(8(5)11)10(14)15-2/h3-4,11H,1-2H3,(H,12,13). The van der Waals surface area contributed by atoms with E-state index in [4.69, 9.17) is 5.11 Å². The first-order chi connectivity index (χ1) is 6.99. The Balaban J connectivity index is 3.33. The number of carbonyl (C=O) groups is 2. The van der Waals surface area contributed by atoms with Crippen LogP contribution in [0, 0.1) is 6.92 Å². The first-order valence-electron chi connectivity index (χ1n) is 4.13.